The molecule has 22 heavy (non-hydrogen) atoms. The zero-order chi connectivity index (χ0) is 16.1. The molecule has 2 aromatic rings. The van der Waals surface area contributed by atoms with Gasteiger partial charge in [-0.3, -0.25) is 9.78 Å². The van der Waals surface area contributed by atoms with E-state index >= 15 is 0 Å². The maximum absolute atomic E-state index is 13.1. The standard InChI is InChI=1S/C16H16ClFN2O2/c1-10-4-13(17)3-2-12(10)8-20-15(16(21)22)6-11-5-14(18)9-19-7-11/h2-5,7,9,15,20H,6,8H2,1H3,(H,21,22). The van der Waals surface area contributed by atoms with Crippen LogP contribution in [-0.4, -0.2) is 22.1 Å². The average Bonchev–Trinajstić information content (AvgIpc) is 2.44. The number of carboxylic acid groups (broad SMARTS) is 1. The minimum atomic E-state index is -0.990. The number of halogens is 2. The van der Waals surface area contributed by atoms with Crippen LogP contribution < -0.4 is 5.32 Å². The zero-order valence-corrected chi connectivity index (χ0v) is 12.8. The monoisotopic (exact) mass is 322 g/mol. The fraction of sp³-hybridized carbons (Fsp3) is 0.250. The van der Waals surface area contributed by atoms with E-state index in [1.165, 1.54) is 12.3 Å². The van der Waals surface area contributed by atoms with Crippen LogP contribution in [0.15, 0.2) is 36.7 Å². The Kier molecular flexibility index (Phi) is 5.46. The van der Waals surface area contributed by atoms with Crippen LogP contribution >= 0.6 is 11.6 Å². The van der Waals surface area contributed by atoms with Crippen molar-refractivity contribution in [1.29, 1.82) is 0 Å². The van der Waals surface area contributed by atoms with Crippen LogP contribution in [0.2, 0.25) is 5.02 Å². The predicted octanol–water partition coefficient (Wildman–Crippen LogP) is 2.97. The number of carbonyl (C=O) groups is 1. The second kappa shape index (κ2) is 7.33. The third-order valence-corrected chi connectivity index (χ3v) is 3.58. The van der Waals surface area contributed by atoms with Crippen molar-refractivity contribution in [3.8, 4) is 0 Å². The van der Waals surface area contributed by atoms with Crippen LogP contribution in [-0.2, 0) is 17.8 Å². The lowest BCUT2D eigenvalue weighted by Gasteiger charge is -2.15. The van der Waals surface area contributed by atoms with E-state index in [1.807, 2.05) is 19.1 Å². The fourth-order valence-corrected chi connectivity index (χ4v) is 2.37. The molecule has 1 heterocycles. The number of pyridine rings is 1. The van der Waals surface area contributed by atoms with Crippen LogP contribution in [0, 0.1) is 12.7 Å². The molecule has 0 fully saturated rings. The summed E-state index contributed by atoms with van der Waals surface area (Å²) >= 11 is 5.90. The van der Waals surface area contributed by atoms with Gasteiger partial charge < -0.3 is 10.4 Å². The Morgan fingerprint density at radius 1 is 1.41 bits per heavy atom. The number of nitrogens with zero attached hydrogens (tertiary/aromatic N) is 1. The molecule has 0 saturated carbocycles. The molecule has 1 aromatic carbocycles. The van der Waals surface area contributed by atoms with Gasteiger partial charge in [-0.25, -0.2) is 4.39 Å². The van der Waals surface area contributed by atoms with Gasteiger partial charge in [0, 0.05) is 24.2 Å². The highest BCUT2D eigenvalue weighted by atomic mass is 35.5. The quantitative estimate of drug-likeness (QED) is 0.858. The van der Waals surface area contributed by atoms with Gasteiger partial charge in [-0.2, -0.15) is 0 Å². The van der Waals surface area contributed by atoms with E-state index in [0.717, 1.165) is 17.3 Å². The molecule has 1 unspecified atom stereocenters. The maximum atomic E-state index is 13.1. The van der Waals surface area contributed by atoms with Gasteiger partial charge in [0.15, 0.2) is 0 Å². The highest BCUT2D eigenvalue weighted by Gasteiger charge is 2.18. The molecule has 2 rings (SSSR count). The lowest BCUT2D eigenvalue weighted by Crippen LogP contribution is -2.38. The molecule has 1 atom stereocenters. The first kappa shape index (κ1) is 16.4. The Bertz CT molecular complexity index is 679. The summed E-state index contributed by atoms with van der Waals surface area (Å²) in [5.41, 5.74) is 2.48. The number of nitrogens with one attached hydrogen (secondary N) is 1. The molecule has 0 aliphatic heterocycles. The summed E-state index contributed by atoms with van der Waals surface area (Å²) in [6.45, 7) is 2.30. The van der Waals surface area contributed by atoms with E-state index in [0.29, 0.717) is 17.1 Å². The third kappa shape index (κ3) is 4.51. The first-order valence-corrected chi connectivity index (χ1v) is 7.14. The Morgan fingerprint density at radius 3 is 2.82 bits per heavy atom. The normalized spacial score (nSPS) is 12.1. The summed E-state index contributed by atoms with van der Waals surface area (Å²) in [5, 5.41) is 12.9. The summed E-state index contributed by atoms with van der Waals surface area (Å²) in [6.07, 6.45) is 2.71. The summed E-state index contributed by atoms with van der Waals surface area (Å²) in [6, 6.07) is 5.91. The van der Waals surface area contributed by atoms with Crippen LogP contribution in [0.1, 0.15) is 16.7 Å². The molecule has 116 valence electrons. The van der Waals surface area contributed by atoms with Gasteiger partial charge in [-0.05, 0) is 41.8 Å². The van der Waals surface area contributed by atoms with Crippen molar-refractivity contribution in [3.05, 3.63) is 64.2 Å². The van der Waals surface area contributed by atoms with Gasteiger partial charge in [-0.15, -0.1) is 0 Å². The molecule has 0 aliphatic carbocycles. The van der Waals surface area contributed by atoms with Crippen LogP contribution in [0.3, 0.4) is 0 Å². The first-order valence-electron chi connectivity index (χ1n) is 6.76. The van der Waals surface area contributed by atoms with E-state index in [1.54, 1.807) is 6.07 Å². The van der Waals surface area contributed by atoms with Gasteiger partial charge >= 0.3 is 5.97 Å². The molecule has 2 N–H and O–H groups in total. The van der Waals surface area contributed by atoms with Crippen molar-refractivity contribution < 1.29 is 14.3 Å². The van der Waals surface area contributed by atoms with Crippen molar-refractivity contribution >= 4 is 17.6 Å². The second-order valence-corrected chi connectivity index (χ2v) is 5.49. The Labute approximate surface area is 133 Å². The minimum absolute atomic E-state index is 0.159. The lowest BCUT2D eigenvalue weighted by atomic mass is 10.1. The molecule has 6 heteroatoms. The number of rotatable bonds is 6. The van der Waals surface area contributed by atoms with Crippen molar-refractivity contribution in [1.82, 2.24) is 10.3 Å². The SMILES string of the molecule is Cc1cc(Cl)ccc1CNC(Cc1cncc(F)c1)C(=O)O. The first-order chi connectivity index (χ1) is 10.5. The molecule has 0 radical (unpaired) electrons. The van der Waals surface area contributed by atoms with Crippen molar-refractivity contribution in [2.24, 2.45) is 0 Å². The molecule has 1 aromatic heterocycles. The summed E-state index contributed by atoms with van der Waals surface area (Å²) in [5.74, 6) is -1.47. The zero-order valence-electron chi connectivity index (χ0n) is 12.0. The summed E-state index contributed by atoms with van der Waals surface area (Å²) < 4.78 is 13.1. The van der Waals surface area contributed by atoms with Gasteiger partial charge in [0.2, 0.25) is 0 Å². The van der Waals surface area contributed by atoms with Crippen LogP contribution in [0.25, 0.3) is 0 Å². The highest BCUT2D eigenvalue weighted by molar-refractivity contribution is 6.30. The highest BCUT2D eigenvalue weighted by Crippen LogP contribution is 2.15. The number of carboxylic acids is 1. The second-order valence-electron chi connectivity index (χ2n) is 5.06. The molecule has 0 spiro atoms. The molecule has 0 saturated heterocycles. The number of hydrogen-bond donors (Lipinski definition) is 2. The van der Waals surface area contributed by atoms with E-state index in [2.05, 4.69) is 10.3 Å². The Balaban J connectivity index is 2.04. The largest absolute Gasteiger partial charge is 0.480 e. The van der Waals surface area contributed by atoms with Crippen molar-refractivity contribution in [2.45, 2.75) is 25.9 Å². The van der Waals surface area contributed by atoms with Crippen molar-refractivity contribution in [3.63, 3.8) is 0 Å². The van der Waals surface area contributed by atoms with Gasteiger partial charge in [0.25, 0.3) is 0 Å². The average molecular weight is 323 g/mol. The van der Waals surface area contributed by atoms with Gasteiger partial charge in [0.05, 0.1) is 6.20 Å². The Morgan fingerprint density at radius 2 is 2.18 bits per heavy atom. The van der Waals surface area contributed by atoms with Crippen molar-refractivity contribution in [2.75, 3.05) is 0 Å². The third-order valence-electron chi connectivity index (χ3n) is 3.34. The smallest absolute Gasteiger partial charge is 0.321 e. The Hall–Kier alpha value is -1.98. The van der Waals surface area contributed by atoms with E-state index in [-0.39, 0.29) is 6.42 Å². The lowest BCUT2D eigenvalue weighted by molar-refractivity contribution is -0.139. The molecule has 4 nitrogen and oxygen atoms in total. The van der Waals surface area contributed by atoms with Crippen LogP contribution in [0.5, 0.6) is 0 Å². The number of aliphatic carboxylic acids is 1. The van der Waals surface area contributed by atoms with E-state index < -0.39 is 17.8 Å². The number of hydrogen-bond acceptors (Lipinski definition) is 3. The summed E-state index contributed by atoms with van der Waals surface area (Å²) in [7, 11) is 0. The molecule has 0 bridgehead atoms. The van der Waals surface area contributed by atoms with Gasteiger partial charge in [0.1, 0.15) is 11.9 Å². The number of aromatic nitrogens is 1. The maximum Gasteiger partial charge on any atom is 0.321 e. The van der Waals surface area contributed by atoms with E-state index in [4.69, 9.17) is 11.6 Å². The molecule has 0 amide bonds. The topological polar surface area (TPSA) is 62.2 Å². The molecular weight excluding hydrogens is 307 g/mol. The van der Waals surface area contributed by atoms with Crippen LogP contribution in [0.4, 0.5) is 4.39 Å². The predicted molar refractivity (Wildman–Crippen MR) is 82.4 cm³/mol. The minimum Gasteiger partial charge on any atom is -0.480 e. The number of benzene rings is 1. The fourth-order valence-electron chi connectivity index (χ4n) is 2.14. The molecule has 0 aliphatic rings. The number of aryl methyl sites for hydroxylation is 1. The van der Waals surface area contributed by atoms with Gasteiger partial charge in [-0.1, -0.05) is 17.7 Å². The molecular formula is C16H16ClFN2O2. The van der Waals surface area contributed by atoms with E-state index in [9.17, 15) is 14.3 Å². The summed E-state index contributed by atoms with van der Waals surface area (Å²) in [4.78, 5) is 15.1.